The van der Waals surface area contributed by atoms with Crippen molar-refractivity contribution in [3.63, 3.8) is 0 Å². The standard InChI is InChI=1S/C64H104NO8P/c1-6-8-10-12-14-16-18-20-21-22-23-24-25-26-27-28-29-30-31-32-33-34-35-36-37-38-39-40-41-42-43-45-47-49-51-53-55-57-64(67)73-62(61-72-74(68,69)71-59-58-65(3,4)5)60-70-63(66)56-54-52-50-48-46-44-19-17-15-13-11-9-7-2/h8-11,14-17,20-21,23-24,26-27,29-30,32-33,35-36,44,46,50,52,62H,6-7,12-13,18-19,22,25,28,31,34,37-43,45,47-49,51,53-61H2,1-5H3/b10-8-,11-9-,16-14-,17-15-,21-20-,24-23-,27-26-,30-29-,33-32-,36-35-,46-44-,52-50-. The minimum Gasteiger partial charge on any atom is -0.756 e. The second-order valence-electron chi connectivity index (χ2n) is 19.5. The summed E-state index contributed by atoms with van der Waals surface area (Å²) in [6.07, 6.45) is 79.3. The number of unbranched alkanes of at least 4 members (excludes halogenated alkanes) is 12. The van der Waals surface area contributed by atoms with Gasteiger partial charge in [0.2, 0.25) is 0 Å². The third-order valence-electron chi connectivity index (χ3n) is 11.4. The SMILES string of the molecule is CC/C=C\C/C=C\C/C=C\C/C=C\C/C=C\C/C=C\C/C=C\C/C=C\CCCCCCCCCCCCCCC(=O)OC(COC(=O)CC/C=C\C/C=C\C/C=C\C/C=C\CC)COP(=O)([O-])OCC[N+](C)(C)C. The number of nitrogens with zero attached hydrogens (tertiary/aromatic N) is 1. The lowest BCUT2D eigenvalue weighted by atomic mass is 10.0. The van der Waals surface area contributed by atoms with Crippen molar-refractivity contribution < 1.29 is 42.1 Å². The van der Waals surface area contributed by atoms with E-state index in [4.69, 9.17) is 18.5 Å². The second kappa shape index (κ2) is 53.7. The molecule has 0 aromatic carbocycles. The number of hydrogen-bond acceptors (Lipinski definition) is 8. The summed E-state index contributed by atoms with van der Waals surface area (Å²) in [7, 11) is 1.11. The lowest BCUT2D eigenvalue weighted by Crippen LogP contribution is -2.37. The molecule has 0 aliphatic heterocycles. The molecule has 0 spiro atoms. The highest BCUT2D eigenvalue weighted by Crippen LogP contribution is 2.38. The second-order valence-corrected chi connectivity index (χ2v) is 20.9. The van der Waals surface area contributed by atoms with Crippen molar-refractivity contribution in [2.45, 2.75) is 200 Å². The van der Waals surface area contributed by atoms with Gasteiger partial charge in [0, 0.05) is 12.8 Å². The van der Waals surface area contributed by atoms with Crippen LogP contribution >= 0.6 is 7.82 Å². The van der Waals surface area contributed by atoms with Crippen molar-refractivity contribution in [3.8, 4) is 0 Å². The molecule has 0 fully saturated rings. The molecule has 0 bridgehead atoms. The van der Waals surface area contributed by atoms with E-state index in [9.17, 15) is 19.0 Å². The Balaban J connectivity index is 4.12. The minimum absolute atomic E-state index is 0.0488. The Morgan fingerprint density at radius 2 is 0.757 bits per heavy atom. The van der Waals surface area contributed by atoms with Gasteiger partial charge in [-0.2, -0.15) is 0 Å². The molecule has 0 amide bonds. The summed E-state index contributed by atoms with van der Waals surface area (Å²) in [6, 6.07) is 0. The largest absolute Gasteiger partial charge is 0.756 e. The van der Waals surface area contributed by atoms with Crippen molar-refractivity contribution in [3.05, 3.63) is 146 Å². The molecule has 0 aromatic rings. The molecule has 0 rings (SSSR count). The van der Waals surface area contributed by atoms with Gasteiger partial charge in [-0.3, -0.25) is 14.2 Å². The third-order valence-corrected chi connectivity index (χ3v) is 12.3. The molecule has 0 saturated carbocycles. The maximum Gasteiger partial charge on any atom is 0.306 e. The van der Waals surface area contributed by atoms with Gasteiger partial charge in [0.1, 0.15) is 19.8 Å². The van der Waals surface area contributed by atoms with Gasteiger partial charge in [0.15, 0.2) is 6.10 Å². The Morgan fingerprint density at radius 3 is 1.14 bits per heavy atom. The maximum absolute atomic E-state index is 12.8. The number of likely N-dealkylation sites (N-methyl/N-ethyl adjacent to an activating group) is 1. The quantitative estimate of drug-likeness (QED) is 0.0195. The van der Waals surface area contributed by atoms with Gasteiger partial charge in [0.25, 0.3) is 7.82 Å². The molecule has 0 aliphatic rings. The fraction of sp³-hybridized carbons (Fsp3) is 0.594. The molecule has 9 nitrogen and oxygen atoms in total. The van der Waals surface area contributed by atoms with Crippen LogP contribution in [0.2, 0.25) is 0 Å². The van der Waals surface area contributed by atoms with Crippen LogP contribution in [-0.2, 0) is 32.7 Å². The summed E-state index contributed by atoms with van der Waals surface area (Å²) in [5.41, 5.74) is 0. The maximum atomic E-state index is 12.8. The first-order valence-electron chi connectivity index (χ1n) is 28.5. The average molecular weight is 1050 g/mol. The third kappa shape index (κ3) is 57.2. The van der Waals surface area contributed by atoms with Gasteiger partial charge >= 0.3 is 11.9 Å². The van der Waals surface area contributed by atoms with Crippen LogP contribution in [0.25, 0.3) is 0 Å². The summed E-state index contributed by atoms with van der Waals surface area (Å²) in [5, 5.41) is 0. The molecule has 0 radical (unpaired) electrons. The van der Waals surface area contributed by atoms with E-state index in [1.807, 2.05) is 33.3 Å². The van der Waals surface area contributed by atoms with Crippen molar-refractivity contribution in [2.75, 3.05) is 47.5 Å². The number of carbonyl (C=O) groups is 2. The highest BCUT2D eigenvalue weighted by atomic mass is 31.2. The van der Waals surface area contributed by atoms with Gasteiger partial charge in [-0.05, 0) is 103 Å². The molecule has 0 saturated heterocycles. The zero-order chi connectivity index (χ0) is 54.2. The van der Waals surface area contributed by atoms with E-state index in [1.165, 1.54) is 51.4 Å². The molecule has 0 aliphatic carbocycles. The predicted molar refractivity (Wildman–Crippen MR) is 314 cm³/mol. The first-order valence-corrected chi connectivity index (χ1v) is 30.0. The fourth-order valence-electron chi connectivity index (χ4n) is 7.04. The summed E-state index contributed by atoms with van der Waals surface area (Å²) >= 11 is 0. The highest BCUT2D eigenvalue weighted by molar-refractivity contribution is 7.45. The smallest absolute Gasteiger partial charge is 0.306 e. The Morgan fingerprint density at radius 1 is 0.419 bits per heavy atom. The van der Waals surface area contributed by atoms with Gasteiger partial charge in [-0.25, -0.2) is 0 Å². The van der Waals surface area contributed by atoms with Gasteiger partial charge in [0.05, 0.1) is 27.7 Å². The van der Waals surface area contributed by atoms with Crippen molar-refractivity contribution >= 4 is 19.8 Å². The Kier molecular flexibility index (Phi) is 50.7. The molecule has 2 unspecified atom stereocenters. The lowest BCUT2D eigenvalue weighted by molar-refractivity contribution is -0.870. The number of phosphoric acid groups is 1. The van der Waals surface area contributed by atoms with Crippen LogP contribution in [0.15, 0.2) is 146 Å². The number of hydrogen-bond donors (Lipinski definition) is 0. The number of carbonyl (C=O) groups excluding carboxylic acids is 2. The fourth-order valence-corrected chi connectivity index (χ4v) is 7.77. The van der Waals surface area contributed by atoms with E-state index < -0.39 is 32.5 Å². The lowest BCUT2D eigenvalue weighted by Gasteiger charge is -2.28. The number of rotatable bonds is 50. The van der Waals surface area contributed by atoms with Crippen molar-refractivity contribution in [2.24, 2.45) is 0 Å². The number of esters is 2. The Labute approximate surface area is 453 Å². The monoisotopic (exact) mass is 1050 g/mol. The first-order chi connectivity index (χ1) is 36.0. The Bertz CT molecular complexity index is 1760. The minimum atomic E-state index is -4.66. The summed E-state index contributed by atoms with van der Waals surface area (Å²) in [4.78, 5) is 37.7. The number of allylic oxidation sites excluding steroid dienone is 24. The van der Waals surface area contributed by atoms with Gasteiger partial charge < -0.3 is 27.9 Å². The molecule has 0 N–H and O–H groups in total. The molecule has 10 heteroatoms. The van der Waals surface area contributed by atoms with E-state index in [1.54, 1.807) is 0 Å². The van der Waals surface area contributed by atoms with Crippen LogP contribution in [0.3, 0.4) is 0 Å². The predicted octanol–water partition coefficient (Wildman–Crippen LogP) is 17.3. The molecule has 2 atom stereocenters. The first kappa shape index (κ1) is 69.9. The van der Waals surface area contributed by atoms with Crippen LogP contribution in [0.5, 0.6) is 0 Å². The van der Waals surface area contributed by atoms with Crippen LogP contribution in [0.1, 0.15) is 194 Å². The summed E-state index contributed by atoms with van der Waals surface area (Å²) in [6.45, 7) is 3.89. The molecule has 0 heterocycles. The van der Waals surface area contributed by atoms with E-state index in [0.717, 1.165) is 103 Å². The molecular formula is C64H104NO8P. The van der Waals surface area contributed by atoms with E-state index >= 15 is 0 Å². The number of quaternary nitrogens is 1. The van der Waals surface area contributed by atoms with Gasteiger partial charge in [-0.1, -0.05) is 224 Å². The molecule has 0 aromatic heterocycles. The Hall–Kier alpha value is -4.11. The topological polar surface area (TPSA) is 111 Å². The number of ether oxygens (including phenoxy) is 2. The summed E-state index contributed by atoms with van der Waals surface area (Å²) < 4.78 is 33.9. The molecule has 418 valence electrons. The molecule has 74 heavy (non-hydrogen) atoms. The highest BCUT2D eigenvalue weighted by Gasteiger charge is 2.21. The number of phosphoric ester groups is 1. The van der Waals surface area contributed by atoms with Crippen LogP contribution in [0, 0.1) is 0 Å². The van der Waals surface area contributed by atoms with Crippen molar-refractivity contribution in [1.29, 1.82) is 0 Å². The summed E-state index contributed by atoms with van der Waals surface area (Å²) in [5.74, 6) is -0.942. The average Bonchev–Trinajstić information content (AvgIpc) is 3.36. The molecular weight excluding hydrogens is 942 g/mol. The van der Waals surface area contributed by atoms with Gasteiger partial charge in [-0.15, -0.1) is 0 Å². The van der Waals surface area contributed by atoms with E-state index in [-0.39, 0.29) is 26.1 Å². The van der Waals surface area contributed by atoms with E-state index in [0.29, 0.717) is 23.9 Å². The zero-order valence-corrected chi connectivity index (χ0v) is 48.1. The van der Waals surface area contributed by atoms with Crippen LogP contribution in [0.4, 0.5) is 0 Å². The van der Waals surface area contributed by atoms with Crippen molar-refractivity contribution in [1.82, 2.24) is 0 Å². The zero-order valence-electron chi connectivity index (χ0n) is 47.2. The van der Waals surface area contributed by atoms with Crippen LogP contribution < -0.4 is 4.89 Å². The normalized spacial score (nSPS) is 14.4. The van der Waals surface area contributed by atoms with E-state index in [2.05, 4.69) is 148 Å². The van der Waals surface area contributed by atoms with Crippen LogP contribution in [-0.4, -0.2) is 70.0 Å².